The summed E-state index contributed by atoms with van der Waals surface area (Å²) in [5.41, 5.74) is 0.222. The van der Waals surface area contributed by atoms with Gasteiger partial charge < -0.3 is 22.4 Å². The van der Waals surface area contributed by atoms with Gasteiger partial charge in [-0.15, -0.1) is 0 Å². The van der Waals surface area contributed by atoms with Crippen LogP contribution in [-0.2, 0) is 22.4 Å². The SMILES string of the molecule is COC1C2O[Si](C(C)C)(C(C)C)O[Si](C(C)C)(C(C)C)OC[C@H]2O[C@H]1n1cc(C)c(=O)[nH]c1=O. The van der Waals surface area contributed by atoms with Crippen LogP contribution in [-0.4, -0.2) is 58.7 Å². The number of aryl methyl sites for hydroxylation is 1. The smallest absolute Gasteiger partial charge is 0.335 e. The summed E-state index contributed by atoms with van der Waals surface area (Å²) in [6.07, 6.45) is -0.726. The molecule has 2 aliphatic heterocycles. The molecule has 0 radical (unpaired) electrons. The van der Waals surface area contributed by atoms with Crippen molar-refractivity contribution in [3.8, 4) is 0 Å². The van der Waals surface area contributed by atoms with E-state index < -0.39 is 52.9 Å². The Bertz CT molecular complexity index is 959. The van der Waals surface area contributed by atoms with Crippen LogP contribution in [0.2, 0.25) is 22.2 Å². The quantitative estimate of drug-likeness (QED) is 0.578. The number of hydrogen-bond acceptors (Lipinski definition) is 7. The van der Waals surface area contributed by atoms with Crippen molar-refractivity contribution in [3.63, 3.8) is 0 Å². The maximum absolute atomic E-state index is 12.7. The molecule has 0 aromatic carbocycles. The van der Waals surface area contributed by atoms with Gasteiger partial charge in [-0.2, -0.15) is 0 Å². The summed E-state index contributed by atoms with van der Waals surface area (Å²) in [5, 5.41) is 0. The third kappa shape index (κ3) is 4.56. The number of rotatable bonds is 6. The zero-order chi connectivity index (χ0) is 25.6. The van der Waals surface area contributed by atoms with Gasteiger partial charge in [-0.1, -0.05) is 55.4 Å². The fourth-order valence-electron chi connectivity index (χ4n) is 5.37. The van der Waals surface area contributed by atoms with E-state index in [1.807, 2.05) is 0 Å². The van der Waals surface area contributed by atoms with Gasteiger partial charge in [0.15, 0.2) is 6.23 Å². The highest BCUT2D eigenvalue weighted by atomic mass is 28.5. The Morgan fingerprint density at radius 3 is 2.06 bits per heavy atom. The van der Waals surface area contributed by atoms with Crippen molar-refractivity contribution >= 4 is 17.1 Å². The molecule has 3 heterocycles. The molecule has 1 aromatic heterocycles. The van der Waals surface area contributed by atoms with Crippen LogP contribution in [0.5, 0.6) is 0 Å². The Kier molecular flexibility index (Phi) is 8.18. The largest absolute Gasteiger partial charge is 0.414 e. The number of nitrogens with zero attached hydrogens (tertiary/aromatic N) is 1. The minimum Gasteiger partial charge on any atom is -0.414 e. The van der Waals surface area contributed by atoms with Crippen molar-refractivity contribution in [1.29, 1.82) is 0 Å². The van der Waals surface area contributed by atoms with Crippen molar-refractivity contribution in [2.24, 2.45) is 0 Å². The van der Waals surface area contributed by atoms with Crippen molar-refractivity contribution in [2.75, 3.05) is 13.7 Å². The van der Waals surface area contributed by atoms with Crippen LogP contribution in [0.3, 0.4) is 0 Å². The van der Waals surface area contributed by atoms with E-state index >= 15 is 0 Å². The molecule has 0 saturated carbocycles. The number of ether oxygens (including phenoxy) is 2. The number of methoxy groups -OCH3 is 1. The van der Waals surface area contributed by atoms with E-state index in [1.54, 1.807) is 14.0 Å². The Balaban J connectivity index is 2.13. The normalized spacial score (nSPS) is 29.0. The molecule has 11 heteroatoms. The summed E-state index contributed by atoms with van der Waals surface area (Å²) >= 11 is 0. The van der Waals surface area contributed by atoms with E-state index in [9.17, 15) is 9.59 Å². The van der Waals surface area contributed by atoms with Crippen LogP contribution >= 0.6 is 0 Å². The molecule has 0 bridgehead atoms. The topological polar surface area (TPSA) is 101 Å². The first-order chi connectivity index (χ1) is 15.8. The number of nitrogens with one attached hydrogen (secondary N) is 1. The zero-order valence-corrected chi connectivity index (χ0v) is 24.2. The molecule has 2 fully saturated rings. The van der Waals surface area contributed by atoms with Crippen LogP contribution in [0.25, 0.3) is 0 Å². The highest BCUT2D eigenvalue weighted by Gasteiger charge is 2.62. The average molecular weight is 515 g/mol. The summed E-state index contributed by atoms with van der Waals surface area (Å²) in [5.74, 6) is 0. The lowest BCUT2D eigenvalue weighted by molar-refractivity contribution is -0.0640. The van der Waals surface area contributed by atoms with Gasteiger partial charge in [0.05, 0.1) is 6.61 Å². The van der Waals surface area contributed by atoms with Crippen molar-refractivity contribution in [2.45, 2.75) is 109 Å². The molecule has 0 aliphatic carbocycles. The van der Waals surface area contributed by atoms with E-state index in [4.69, 9.17) is 22.4 Å². The molecule has 34 heavy (non-hydrogen) atoms. The van der Waals surface area contributed by atoms with Crippen molar-refractivity contribution < 1.29 is 22.4 Å². The van der Waals surface area contributed by atoms with Crippen LogP contribution in [0.1, 0.15) is 67.2 Å². The van der Waals surface area contributed by atoms with Gasteiger partial charge in [-0.3, -0.25) is 14.3 Å². The molecule has 9 nitrogen and oxygen atoms in total. The van der Waals surface area contributed by atoms with Crippen molar-refractivity contribution in [1.82, 2.24) is 9.55 Å². The number of aromatic amines is 1. The lowest BCUT2D eigenvalue weighted by Crippen LogP contribution is -2.65. The van der Waals surface area contributed by atoms with E-state index in [0.29, 0.717) is 12.2 Å². The molecule has 0 amide bonds. The predicted octanol–water partition coefficient (Wildman–Crippen LogP) is 3.71. The highest BCUT2D eigenvalue weighted by molar-refractivity contribution is 6.83. The zero-order valence-electron chi connectivity index (χ0n) is 22.2. The first-order valence-corrected chi connectivity index (χ1v) is 16.3. The summed E-state index contributed by atoms with van der Waals surface area (Å²) in [6, 6.07) is 0. The third-order valence-electron chi connectivity index (χ3n) is 7.31. The fourth-order valence-corrected chi connectivity index (χ4v) is 16.6. The number of H-pyrrole nitrogens is 1. The van der Waals surface area contributed by atoms with E-state index in [0.717, 1.165) is 0 Å². The Labute approximate surface area is 204 Å². The Morgan fingerprint density at radius 1 is 1.00 bits per heavy atom. The first kappa shape index (κ1) is 27.5. The maximum Gasteiger partial charge on any atom is 0.335 e. The fraction of sp³-hybridized carbons (Fsp3) is 0.826. The maximum atomic E-state index is 12.7. The van der Waals surface area contributed by atoms with Gasteiger partial charge in [0.25, 0.3) is 5.56 Å². The van der Waals surface area contributed by atoms with Crippen LogP contribution in [0.4, 0.5) is 0 Å². The summed E-state index contributed by atoms with van der Waals surface area (Å²) < 4.78 is 34.8. The molecule has 3 rings (SSSR count). The molecule has 0 spiro atoms. The van der Waals surface area contributed by atoms with Gasteiger partial charge in [-0.05, 0) is 29.1 Å². The standard InChI is InChI=1S/C23H42N2O7Si2/c1-13(2)33(14(3)4)29-12-18-19(31-34(32-33,15(5)6)16(7)8)20(28-10)22(30-18)25-11-17(9)21(26)24-23(25)27/h11,13-16,18-20,22H,12H2,1-10H3,(H,24,26,27)/t18-,19?,20?,22-/m1/s1. The van der Waals surface area contributed by atoms with Gasteiger partial charge in [0.2, 0.25) is 0 Å². The molecule has 2 aliphatic rings. The molecular weight excluding hydrogens is 472 g/mol. The molecule has 194 valence electrons. The number of hydrogen-bond donors (Lipinski definition) is 1. The second-order valence-electron chi connectivity index (χ2n) is 10.8. The molecule has 2 saturated heterocycles. The lowest BCUT2D eigenvalue weighted by atomic mass is 10.1. The highest BCUT2D eigenvalue weighted by Crippen LogP contribution is 2.48. The molecule has 2 unspecified atom stereocenters. The van der Waals surface area contributed by atoms with Crippen LogP contribution in [0, 0.1) is 6.92 Å². The van der Waals surface area contributed by atoms with Crippen molar-refractivity contribution in [3.05, 3.63) is 32.6 Å². The summed E-state index contributed by atoms with van der Waals surface area (Å²) in [7, 11) is -3.97. The van der Waals surface area contributed by atoms with Gasteiger partial charge in [0.1, 0.15) is 18.3 Å². The molecule has 1 aromatic rings. The monoisotopic (exact) mass is 514 g/mol. The first-order valence-electron chi connectivity index (χ1n) is 12.3. The predicted molar refractivity (Wildman–Crippen MR) is 135 cm³/mol. The Hall–Kier alpha value is -1.09. The van der Waals surface area contributed by atoms with E-state index in [2.05, 4.69) is 60.4 Å². The van der Waals surface area contributed by atoms with Crippen LogP contribution < -0.4 is 11.2 Å². The van der Waals surface area contributed by atoms with Crippen LogP contribution in [0.15, 0.2) is 15.8 Å². The summed E-state index contributed by atoms with van der Waals surface area (Å²) in [4.78, 5) is 27.0. The molecule has 1 N–H and O–H groups in total. The van der Waals surface area contributed by atoms with E-state index in [1.165, 1.54) is 10.8 Å². The van der Waals surface area contributed by atoms with Gasteiger partial charge in [-0.25, -0.2) is 4.79 Å². The van der Waals surface area contributed by atoms with Gasteiger partial charge in [0, 0.05) is 18.9 Å². The molecule has 4 atom stereocenters. The number of aromatic nitrogens is 2. The minimum absolute atomic E-state index is 0.161. The average Bonchev–Trinajstić information content (AvgIpc) is 3.06. The van der Waals surface area contributed by atoms with Gasteiger partial charge >= 0.3 is 22.8 Å². The second kappa shape index (κ2) is 10.1. The lowest BCUT2D eigenvalue weighted by Gasteiger charge is -2.51. The van der Waals surface area contributed by atoms with E-state index in [-0.39, 0.29) is 22.2 Å². The Morgan fingerprint density at radius 2 is 1.56 bits per heavy atom. The number of fused-ring (bicyclic) bond motifs is 1. The minimum atomic E-state index is -2.86. The second-order valence-corrected chi connectivity index (χ2v) is 19.6. The third-order valence-corrected chi connectivity index (χ3v) is 17.6. The summed E-state index contributed by atoms with van der Waals surface area (Å²) in [6.45, 7) is 19.3. The molecular formula is C23H42N2O7Si2.